The summed E-state index contributed by atoms with van der Waals surface area (Å²) >= 11 is 1.64. The standard InChI is InChI=1S/C20H22FN3OS/c1-10-4-7-14-16(8-10)26-20-17(14)19(25)23-18(24-20)12(3)22-13-6-5-11(2)15(21)9-13/h5-6,9-10,12,22H,4,7-8H2,1-3H3,(H,23,24,25)/t10-,12-/m0/s1. The average Bonchev–Trinajstić information content (AvgIpc) is 2.95. The van der Waals surface area contributed by atoms with Crippen LogP contribution in [0.5, 0.6) is 0 Å². The Morgan fingerprint density at radius 1 is 1.42 bits per heavy atom. The van der Waals surface area contributed by atoms with Gasteiger partial charge >= 0.3 is 0 Å². The molecule has 0 unspecified atom stereocenters. The molecule has 0 bridgehead atoms. The largest absolute Gasteiger partial charge is 0.375 e. The Morgan fingerprint density at radius 2 is 2.23 bits per heavy atom. The van der Waals surface area contributed by atoms with Crippen molar-refractivity contribution in [3.63, 3.8) is 0 Å². The molecule has 0 fully saturated rings. The van der Waals surface area contributed by atoms with Crippen molar-refractivity contribution in [1.82, 2.24) is 9.97 Å². The molecule has 3 aromatic rings. The monoisotopic (exact) mass is 371 g/mol. The predicted octanol–water partition coefficient (Wildman–Crippen LogP) is 4.73. The number of aromatic amines is 1. The van der Waals surface area contributed by atoms with Crippen LogP contribution in [0, 0.1) is 18.7 Å². The number of nitrogens with zero attached hydrogens (tertiary/aromatic N) is 1. The number of halogens is 1. The summed E-state index contributed by atoms with van der Waals surface area (Å²) in [5.74, 6) is 0.987. The van der Waals surface area contributed by atoms with Crippen molar-refractivity contribution in [2.75, 3.05) is 5.32 Å². The number of benzene rings is 1. The van der Waals surface area contributed by atoms with Gasteiger partial charge in [-0.15, -0.1) is 11.3 Å². The summed E-state index contributed by atoms with van der Waals surface area (Å²) in [4.78, 5) is 22.4. The first kappa shape index (κ1) is 17.2. The zero-order valence-electron chi connectivity index (χ0n) is 15.1. The molecule has 0 spiro atoms. The zero-order chi connectivity index (χ0) is 18.4. The van der Waals surface area contributed by atoms with E-state index in [1.54, 1.807) is 24.3 Å². The van der Waals surface area contributed by atoms with E-state index in [4.69, 9.17) is 4.98 Å². The molecule has 0 aliphatic heterocycles. The van der Waals surface area contributed by atoms with Gasteiger partial charge in [0, 0.05) is 10.6 Å². The highest BCUT2D eigenvalue weighted by atomic mass is 32.1. The number of rotatable bonds is 3. The molecule has 0 saturated heterocycles. The minimum atomic E-state index is -0.251. The van der Waals surface area contributed by atoms with Gasteiger partial charge in [-0.3, -0.25) is 4.79 Å². The fraction of sp³-hybridized carbons (Fsp3) is 0.400. The fourth-order valence-electron chi connectivity index (χ4n) is 3.57. The van der Waals surface area contributed by atoms with Crippen LogP contribution in [-0.4, -0.2) is 9.97 Å². The number of aryl methyl sites for hydroxylation is 2. The first-order chi connectivity index (χ1) is 12.4. The quantitative estimate of drug-likeness (QED) is 0.700. The van der Waals surface area contributed by atoms with Crippen LogP contribution in [0.4, 0.5) is 10.1 Å². The smallest absolute Gasteiger partial charge is 0.259 e. The number of anilines is 1. The Hall–Kier alpha value is -2.21. The number of aromatic nitrogens is 2. The fourth-order valence-corrected chi connectivity index (χ4v) is 4.96. The summed E-state index contributed by atoms with van der Waals surface area (Å²) in [6.07, 6.45) is 3.11. The zero-order valence-corrected chi connectivity index (χ0v) is 16.0. The number of hydrogen-bond donors (Lipinski definition) is 2. The van der Waals surface area contributed by atoms with Crippen molar-refractivity contribution in [2.24, 2.45) is 5.92 Å². The molecule has 4 rings (SSSR count). The summed E-state index contributed by atoms with van der Waals surface area (Å²) < 4.78 is 13.8. The van der Waals surface area contributed by atoms with Gasteiger partial charge in [-0.25, -0.2) is 9.37 Å². The molecule has 136 valence electrons. The topological polar surface area (TPSA) is 57.8 Å². The minimum Gasteiger partial charge on any atom is -0.375 e. The van der Waals surface area contributed by atoms with Crippen molar-refractivity contribution in [1.29, 1.82) is 0 Å². The number of hydrogen-bond acceptors (Lipinski definition) is 4. The van der Waals surface area contributed by atoms with Gasteiger partial charge in [-0.05, 0) is 62.3 Å². The molecule has 0 radical (unpaired) electrons. The van der Waals surface area contributed by atoms with Crippen LogP contribution in [0.25, 0.3) is 10.2 Å². The highest BCUT2D eigenvalue weighted by Crippen LogP contribution is 2.36. The molecule has 2 heterocycles. The van der Waals surface area contributed by atoms with Gasteiger partial charge < -0.3 is 10.3 Å². The SMILES string of the molecule is Cc1ccc(N[C@@H](C)c2nc3sc4c(c3c(=O)[nH]2)CC[C@H](C)C4)cc1F. The molecular weight excluding hydrogens is 349 g/mol. The maximum absolute atomic E-state index is 13.8. The molecule has 2 N–H and O–H groups in total. The highest BCUT2D eigenvalue weighted by molar-refractivity contribution is 7.18. The van der Waals surface area contributed by atoms with Crippen LogP contribution in [0.3, 0.4) is 0 Å². The second-order valence-electron chi connectivity index (χ2n) is 7.31. The second kappa shape index (κ2) is 6.50. The van der Waals surface area contributed by atoms with Crippen molar-refractivity contribution in [2.45, 2.75) is 46.1 Å². The molecule has 4 nitrogen and oxygen atoms in total. The molecule has 26 heavy (non-hydrogen) atoms. The van der Waals surface area contributed by atoms with Crippen molar-refractivity contribution in [3.05, 3.63) is 56.2 Å². The number of thiophene rings is 1. The normalized spacial score (nSPS) is 17.9. The molecule has 1 aliphatic carbocycles. The Bertz CT molecular complexity index is 1040. The van der Waals surface area contributed by atoms with E-state index in [0.717, 1.165) is 29.5 Å². The van der Waals surface area contributed by atoms with Crippen LogP contribution in [0.2, 0.25) is 0 Å². The van der Waals surface area contributed by atoms with Crippen LogP contribution >= 0.6 is 11.3 Å². The van der Waals surface area contributed by atoms with Gasteiger partial charge in [0.1, 0.15) is 16.5 Å². The van der Waals surface area contributed by atoms with Crippen LogP contribution in [-0.2, 0) is 12.8 Å². The summed E-state index contributed by atoms with van der Waals surface area (Å²) in [5, 5.41) is 3.98. The maximum atomic E-state index is 13.8. The predicted molar refractivity (Wildman–Crippen MR) is 105 cm³/mol. The average molecular weight is 371 g/mol. The van der Waals surface area contributed by atoms with Crippen molar-refractivity contribution >= 4 is 27.2 Å². The summed E-state index contributed by atoms with van der Waals surface area (Å²) in [7, 11) is 0. The van der Waals surface area contributed by atoms with E-state index >= 15 is 0 Å². The first-order valence-electron chi connectivity index (χ1n) is 8.99. The third kappa shape index (κ3) is 3.03. The summed E-state index contributed by atoms with van der Waals surface area (Å²) in [6.45, 7) is 5.90. The number of H-pyrrole nitrogens is 1. The van der Waals surface area contributed by atoms with Gasteiger partial charge in [0.15, 0.2) is 0 Å². The van der Waals surface area contributed by atoms with Crippen LogP contribution in [0.15, 0.2) is 23.0 Å². The minimum absolute atomic E-state index is 0.0687. The van der Waals surface area contributed by atoms with Gasteiger partial charge in [-0.1, -0.05) is 13.0 Å². The number of nitrogens with one attached hydrogen (secondary N) is 2. The lowest BCUT2D eigenvalue weighted by atomic mass is 9.89. The Labute approximate surface area is 155 Å². The molecule has 6 heteroatoms. The lowest BCUT2D eigenvalue weighted by molar-refractivity contribution is 0.509. The Balaban J connectivity index is 1.68. The number of fused-ring (bicyclic) bond motifs is 3. The first-order valence-corrected chi connectivity index (χ1v) is 9.81. The Morgan fingerprint density at radius 3 is 3.00 bits per heavy atom. The van der Waals surface area contributed by atoms with E-state index in [0.29, 0.717) is 23.0 Å². The molecule has 0 amide bonds. The third-order valence-electron chi connectivity index (χ3n) is 5.15. The van der Waals surface area contributed by atoms with E-state index < -0.39 is 0 Å². The molecule has 2 aromatic heterocycles. The molecule has 1 aromatic carbocycles. The van der Waals surface area contributed by atoms with Gasteiger partial charge in [0.25, 0.3) is 5.56 Å². The van der Waals surface area contributed by atoms with E-state index in [1.807, 2.05) is 13.0 Å². The van der Waals surface area contributed by atoms with Crippen molar-refractivity contribution < 1.29 is 4.39 Å². The van der Waals surface area contributed by atoms with E-state index in [2.05, 4.69) is 17.2 Å². The van der Waals surface area contributed by atoms with E-state index in [1.165, 1.54) is 16.5 Å². The lowest BCUT2D eigenvalue weighted by Crippen LogP contribution is -2.18. The molecular formula is C20H22FN3OS. The second-order valence-corrected chi connectivity index (χ2v) is 8.40. The van der Waals surface area contributed by atoms with E-state index in [-0.39, 0.29) is 17.4 Å². The summed E-state index contributed by atoms with van der Waals surface area (Å²) in [6, 6.07) is 4.80. The van der Waals surface area contributed by atoms with Gasteiger partial charge in [-0.2, -0.15) is 0 Å². The van der Waals surface area contributed by atoms with Crippen LogP contribution in [0.1, 0.15) is 48.1 Å². The van der Waals surface area contributed by atoms with Crippen LogP contribution < -0.4 is 10.9 Å². The highest BCUT2D eigenvalue weighted by Gasteiger charge is 2.23. The molecule has 0 saturated carbocycles. The Kier molecular flexibility index (Phi) is 4.31. The van der Waals surface area contributed by atoms with E-state index in [9.17, 15) is 9.18 Å². The molecule has 1 aliphatic rings. The third-order valence-corrected chi connectivity index (χ3v) is 6.30. The lowest BCUT2D eigenvalue weighted by Gasteiger charge is -2.17. The summed E-state index contributed by atoms with van der Waals surface area (Å²) in [5.41, 5.74) is 2.39. The molecule has 2 atom stereocenters. The maximum Gasteiger partial charge on any atom is 0.259 e. The van der Waals surface area contributed by atoms with Gasteiger partial charge in [0.2, 0.25) is 0 Å². The van der Waals surface area contributed by atoms with Gasteiger partial charge in [0.05, 0.1) is 11.4 Å². The van der Waals surface area contributed by atoms with Crippen molar-refractivity contribution in [3.8, 4) is 0 Å².